The third-order valence-corrected chi connectivity index (χ3v) is 7.89. The molecule has 204 valence electrons. The standard InChI is InChI=1S/C30H28FN5O3S/c1-40(37,38)18-25(32)14-27-7-10-30(39-27)21-5-8-28-22(12-21)15-33-19-35(28)26-6-9-29-23(13-26)16-34-36(29)17-20-3-2-4-24(31)11-20/h2-13,15-16,25H,14,17-19,32H2,1H3. The van der Waals surface area contributed by atoms with Gasteiger partial charge in [0.1, 0.15) is 33.8 Å². The van der Waals surface area contributed by atoms with Crippen molar-refractivity contribution in [3.8, 4) is 11.3 Å². The summed E-state index contributed by atoms with van der Waals surface area (Å²) in [7, 11) is -3.16. The Labute approximate surface area is 231 Å². The first kappa shape index (κ1) is 26.0. The van der Waals surface area contributed by atoms with Crippen LogP contribution in [-0.2, 0) is 22.8 Å². The van der Waals surface area contributed by atoms with Gasteiger partial charge in [-0.2, -0.15) is 5.10 Å². The number of hydrogen-bond acceptors (Lipinski definition) is 7. The number of anilines is 2. The minimum absolute atomic E-state index is 0.0895. The van der Waals surface area contributed by atoms with Crippen molar-refractivity contribution in [1.29, 1.82) is 0 Å². The van der Waals surface area contributed by atoms with Gasteiger partial charge in [-0.25, -0.2) is 12.8 Å². The summed E-state index contributed by atoms with van der Waals surface area (Å²) in [6.45, 7) is 0.969. The third kappa shape index (κ3) is 5.54. The Morgan fingerprint density at radius 2 is 1.95 bits per heavy atom. The predicted molar refractivity (Wildman–Crippen MR) is 155 cm³/mol. The van der Waals surface area contributed by atoms with Crippen molar-refractivity contribution in [3.63, 3.8) is 0 Å². The predicted octanol–water partition coefficient (Wildman–Crippen LogP) is 4.93. The summed E-state index contributed by atoms with van der Waals surface area (Å²) < 4.78 is 44.5. The number of aliphatic imine (C=N–C) groups is 1. The van der Waals surface area contributed by atoms with Gasteiger partial charge in [0.15, 0.2) is 0 Å². The highest BCUT2D eigenvalue weighted by atomic mass is 32.2. The summed E-state index contributed by atoms with van der Waals surface area (Å²) >= 11 is 0. The molecule has 0 radical (unpaired) electrons. The molecule has 10 heteroatoms. The molecular weight excluding hydrogens is 529 g/mol. The first-order chi connectivity index (χ1) is 19.2. The third-order valence-electron chi connectivity index (χ3n) is 6.86. The molecule has 0 saturated carbocycles. The van der Waals surface area contributed by atoms with Gasteiger partial charge < -0.3 is 15.1 Å². The Kier molecular flexibility index (Phi) is 6.73. The molecule has 3 heterocycles. The molecule has 5 aromatic rings. The zero-order valence-corrected chi connectivity index (χ0v) is 22.7. The van der Waals surface area contributed by atoms with Gasteiger partial charge >= 0.3 is 0 Å². The Hall–Kier alpha value is -4.28. The molecule has 8 nitrogen and oxygen atoms in total. The van der Waals surface area contributed by atoms with Crippen molar-refractivity contribution >= 4 is 38.3 Å². The summed E-state index contributed by atoms with van der Waals surface area (Å²) in [5, 5.41) is 5.52. The van der Waals surface area contributed by atoms with Crippen LogP contribution in [0, 0.1) is 5.82 Å². The van der Waals surface area contributed by atoms with Crippen LogP contribution in [0.15, 0.2) is 88.4 Å². The Morgan fingerprint density at radius 3 is 2.77 bits per heavy atom. The minimum atomic E-state index is -3.16. The fraction of sp³-hybridized carbons (Fsp3) is 0.200. The summed E-state index contributed by atoms with van der Waals surface area (Å²) in [6, 6.07) is 22.0. The number of furan rings is 1. The van der Waals surface area contributed by atoms with Crippen LogP contribution in [0.5, 0.6) is 0 Å². The highest BCUT2D eigenvalue weighted by Gasteiger charge is 2.19. The van der Waals surface area contributed by atoms with E-state index in [0.717, 1.165) is 39.0 Å². The monoisotopic (exact) mass is 557 g/mol. The lowest BCUT2D eigenvalue weighted by molar-refractivity contribution is 0.501. The Morgan fingerprint density at radius 1 is 1.07 bits per heavy atom. The number of nitrogens with zero attached hydrogens (tertiary/aromatic N) is 4. The second-order valence-corrected chi connectivity index (χ2v) is 12.3. The number of hydrogen-bond donors (Lipinski definition) is 1. The molecule has 0 spiro atoms. The molecule has 0 saturated heterocycles. The number of fused-ring (bicyclic) bond motifs is 2. The maximum Gasteiger partial charge on any atom is 0.148 e. The summed E-state index contributed by atoms with van der Waals surface area (Å²) in [5.74, 6) is 0.978. The zero-order valence-electron chi connectivity index (χ0n) is 21.9. The van der Waals surface area contributed by atoms with E-state index in [2.05, 4.69) is 21.1 Å². The lowest BCUT2D eigenvalue weighted by atomic mass is 10.0. The number of nitrogens with two attached hydrogens (primary N) is 1. The van der Waals surface area contributed by atoms with Gasteiger partial charge in [0, 0.05) is 47.1 Å². The molecule has 2 aromatic heterocycles. The quantitative estimate of drug-likeness (QED) is 0.290. The summed E-state index contributed by atoms with van der Waals surface area (Å²) in [5.41, 5.74) is 11.7. The largest absolute Gasteiger partial charge is 0.461 e. The van der Waals surface area contributed by atoms with Gasteiger partial charge in [0.05, 0.1) is 29.7 Å². The topological polar surface area (TPSA) is 107 Å². The second kappa shape index (κ2) is 10.4. The summed E-state index contributed by atoms with van der Waals surface area (Å²) in [4.78, 5) is 6.72. The first-order valence-corrected chi connectivity index (χ1v) is 14.9. The molecule has 0 amide bonds. The molecule has 1 atom stereocenters. The fourth-order valence-electron chi connectivity index (χ4n) is 5.10. The van der Waals surface area contributed by atoms with Gasteiger partial charge in [-0.1, -0.05) is 12.1 Å². The van der Waals surface area contributed by atoms with Crippen LogP contribution in [0.25, 0.3) is 22.2 Å². The van der Waals surface area contributed by atoms with E-state index in [4.69, 9.17) is 10.2 Å². The van der Waals surface area contributed by atoms with Crippen molar-refractivity contribution < 1.29 is 17.2 Å². The van der Waals surface area contributed by atoms with Crippen LogP contribution in [0.1, 0.15) is 16.9 Å². The average molecular weight is 558 g/mol. The van der Waals surface area contributed by atoms with E-state index in [1.165, 1.54) is 18.4 Å². The molecule has 1 aliphatic rings. The molecule has 3 aromatic carbocycles. The summed E-state index contributed by atoms with van der Waals surface area (Å²) in [6.07, 6.45) is 5.20. The molecule has 6 rings (SSSR count). The van der Waals surface area contributed by atoms with E-state index < -0.39 is 15.9 Å². The van der Waals surface area contributed by atoms with Crippen LogP contribution >= 0.6 is 0 Å². The number of halogens is 1. The number of aromatic nitrogens is 2. The highest BCUT2D eigenvalue weighted by molar-refractivity contribution is 7.90. The van der Waals surface area contributed by atoms with Crippen LogP contribution in [-0.4, -0.2) is 49.1 Å². The van der Waals surface area contributed by atoms with Crippen molar-refractivity contribution in [2.24, 2.45) is 10.7 Å². The van der Waals surface area contributed by atoms with E-state index >= 15 is 0 Å². The van der Waals surface area contributed by atoms with E-state index in [0.29, 0.717) is 31.2 Å². The maximum atomic E-state index is 13.6. The smallest absolute Gasteiger partial charge is 0.148 e. The average Bonchev–Trinajstić information content (AvgIpc) is 3.54. The van der Waals surface area contributed by atoms with Gasteiger partial charge in [-0.3, -0.25) is 9.67 Å². The van der Waals surface area contributed by atoms with E-state index in [-0.39, 0.29) is 11.6 Å². The molecule has 0 fully saturated rings. The van der Waals surface area contributed by atoms with Crippen molar-refractivity contribution in [3.05, 3.63) is 102 Å². The van der Waals surface area contributed by atoms with Gasteiger partial charge in [0.2, 0.25) is 0 Å². The van der Waals surface area contributed by atoms with Gasteiger partial charge in [0.25, 0.3) is 0 Å². The van der Waals surface area contributed by atoms with E-state index in [1.54, 1.807) is 6.07 Å². The van der Waals surface area contributed by atoms with Crippen molar-refractivity contribution in [2.75, 3.05) is 23.6 Å². The lowest BCUT2D eigenvalue weighted by Gasteiger charge is -2.28. The molecule has 1 aliphatic heterocycles. The SMILES string of the molecule is CS(=O)(=O)CC(N)Cc1ccc(-c2ccc3c(c2)C=NCN3c2ccc3c(cnn3Cc3cccc(F)c3)c2)o1. The molecule has 1 unspecified atom stereocenters. The lowest BCUT2D eigenvalue weighted by Crippen LogP contribution is -2.31. The second-order valence-electron chi connectivity index (χ2n) is 10.2. The molecule has 0 aliphatic carbocycles. The van der Waals surface area contributed by atoms with Crippen LogP contribution < -0.4 is 10.6 Å². The Bertz CT molecular complexity index is 1840. The Balaban J connectivity index is 1.22. The minimum Gasteiger partial charge on any atom is -0.461 e. The van der Waals surface area contributed by atoms with E-state index in [9.17, 15) is 12.8 Å². The maximum absolute atomic E-state index is 13.6. The molecule has 40 heavy (non-hydrogen) atoms. The zero-order chi connectivity index (χ0) is 27.9. The van der Waals surface area contributed by atoms with Gasteiger partial charge in [-0.15, -0.1) is 0 Å². The van der Waals surface area contributed by atoms with Crippen LogP contribution in [0.2, 0.25) is 0 Å². The number of benzene rings is 3. The van der Waals surface area contributed by atoms with Crippen molar-refractivity contribution in [1.82, 2.24) is 9.78 Å². The first-order valence-electron chi connectivity index (χ1n) is 12.9. The van der Waals surface area contributed by atoms with Crippen molar-refractivity contribution in [2.45, 2.75) is 19.0 Å². The van der Waals surface area contributed by atoms with Crippen LogP contribution in [0.4, 0.5) is 15.8 Å². The highest BCUT2D eigenvalue weighted by Crippen LogP contribution is 2.35. The molecule has 0 bridgehead atoms. The number of rotatable bonds is 8. The van der Waals surface area contributed by atoms with E-state index in [1.807, 2.05) is 65.6 Å². The van der Waals surface area contributed by atoms with Crippen LogP contribution in [0.3, 0.4) is 0 Å². The molecule has 2 N–H and O–H groups in total. The number of sulfone groups is 1. The molecular formula is C30H28FN5O3S. The normalized spacial score (nSPS) is 14.0. The van der Waals surface area contributed by atoms with Gasteiger partial charge in [-0.05, 0) is 66.2 Å². The fourth-order valence-corrected chi connectivity index (χ4v) is 6.00.